The fourth-order valence-electron chi connectivity index (χ4n) is 13.0. The number of hydrogen-bond acceptors (Lipinski definition) is 8. The number of carbonyl (C=O) groups excluding carboxylic acids is 1. The lowest BCUT2D eigenvalue weighted by atomic mass is 9.99. The molecule has 0 aromatic carbocycles. The normalized spacial score (nSPS) is 18.0. The van der Waals surface area contributed by atoms with Crippen LogP contribution in [-0.2, 0) is 14.3 Å². The van der Waals surface area contributed by atoms with Gasteiger partial charge in [-0.3, -0.25) is 4.79 Å². The molecule has 0 radical (unpaired) electrons. The molecule has 0 aromatic heterocycles. The van der Waals surface area contributed by atoms with Crippen molar-refractivity contribution in [2.45, 2.75) is 461 Å². The van der Waals surface area contributed by atoms with E-state index in [1.165, 1.54) is 353 Å². The number of amides is 1. The highest BCUT2D eigenvalue weighted by Gasteiger charge is 2.44. The van der Waals surface area contributed by atoms with E-state index in [9.17, 15) is 30.3 Å². The molecule has 0 saturated carbocycles. The third-order valence-electron chi connectivity index (χ3n) is 19.1. The van der Waals surface area contributed by atoms with Crippen LogP contribution < -0.4 is 5.32 Å². The summed E-state index contributed by atoms with van der Waals surface area (Å²) < 4.78 is 11.4. The zero-order valence-electron chi connectivity index (χ0n) is 57.6. The van der Waals surface area contributed by atoms with Crippen LogP contribution in [0.15, 0.2) is 12.2 Å². The predicted octanol–water partition coefficient (Wildman–Crippen LogP) is 21.8. The Morgan fingerprint density at radius 3 is 0.942 bits per heavy atom. The number of ether oxygens (including phenoxy) is 2. The first kappa shape index (κ1) is 82.9. The standard InChI is InChI=1S/C77H151NO8/c1-3-5-7-9-11-13-15-17-19-21-23-25-27-29-31-33-35-36-37-39-41-43-45-47-49-51-53-55-57-59-61-63-65-67-73(81)78-70(69-85-77-76(84)75(83)74(82)72(68-79)86-77)71(80)66-64-62-60-58-56-54-52-50-48-46-44-42-40-38-34-32-30-28-26-24-22-20-18-16-14-12-10-8-6-4-2/h21,23,70-72,74-77,79-80,82-84H,3-20,22,24-69H2,1-2H3,(H,78,81)/b23-21-. The smallest absolute Gasteiger partial charge is 0.220 e. The Balaban J connectivity index is 2.05. The molecule has 1 aliphatic heterocycles. The van der Waals surface area contributed by atoms with Crippen molar-refractivity contribution in [3.05, 3.63) is 12.2 Å². The van der Waals surface area contributed by atoms with Crippen LogP contribution in [0.1, 0.15) is 418 Å². The molecule has 9 heteroatoms. The van der Waals surface area contributed by atoms with E-state index in [-0.39, 0.29) is 12.5 Å². The average Bonchev–Trinajstić information content (AvgIpc) is 2.60. The number of aliphatic hydroxyl groups is 5. The van der Waals surface area contributed by atoms with Crippen LogP contribution in [0.2, 0.25) is 0 Å². The predicted molar refractivity (Wildman–Crippen MR) is 369 cm³/mol. The number of allylic oxidation sites excluding steroid dienone is 2. The number of rotatable bonds is 70. The lowest BCUT2D eigenvalue weighted by molar-refractivity contribution is -0.302. The molecule has 0 aromatic rings. The Labute approximate surface area is 535 Å². The summed E-state index contributed by atoms with van der Waals surface area (Å²) in [5, 5.41) is 55.1. The minimum atomic E-state index is -1.55. The van der Waals surface area contributed by atoms with E-state index in [2.05, 4.69) is 31.3 Å². The Kier molecular flexibility index (Phi) is 64.5. The molecular formula is C77H151NO8. The first-order chi connectivity index (χ1) is 42.3. The maximum atomic E-state index is 13.2. The minimum absolute atomic E-state index is 0.131. The van der Waals surface area contributed by atoms with Gasteiger partial charge < -0.3 is 40.3 Å². The molecule has 1 saturated heterocycles. The zero-order chi connectivity index (χ0) is 62.1. The van der Waals surface area contributed by atoms with Crippen LogP contribution in [0, 0.1) is 0 Å². The van der Waals surface area contributed by atoms with E-state index in [0.29, 0.717) is 12.8 Å². The molecule has 0 aliphatic carbocycles. The second-order valence-corrected chi connectivity index (χ2v) is 27.5. The molecule has 1 amide bonds. The molecule has 7 atom stereocenters. The van der Waals surface area contributed by atoms with Gasteiger partial charge in [-0.1, -0.05) is 386 Å². The Morgan fingerprint density at radius 2 is 0.651 bits per heavy atom. The average molecular weight is 1220 g/mol. The Hall–Kier alpha value is -1.07. The molecular weight excluding hydrogens is 1070 g/mol. The van der Waals surface area contributed by atoms with E-state index in [4.69, 9.17) is 9.47 Å². The van der Waals surface area contributed by atoms with Gasteiger partial charge in [-0.25, -0.2) is 0 Å². The van der Waals surface area contributed by atoms with Crippen molar-refractivity contribution in [3.8, 4) is 0 Å². The van der Waals surface area contributed by atoms with Crippen molar-refractivity contribution >= 4 is 5.91 Å². The highest BCUT2D eigenvalue weighted by atomic mass is 16.7. The monoisotopic (exact) mass is 1220 g/mol. The maximum absolute atomic E-state index is 13.2. The second kappa shape index (κ2) is 66.8. The van der Waals surface area contributed by atoms with E-state index >= 15 is 0 Å². The first-order valence-electron chi connectivity index (χ1n) is 38.9. The minimum Gasteiger partial charge on any atom is -0.394 e. The van der Waals surface area contributed by atoms with E-state index < -0.39 is 49.5 Å². The number of unbranched alkanes of at least 4 members (excludes halogenated alkanes) is 58. The van der Waals surface area contributed by atoms with E-state index in [1.54, 1.807) is 0 Å². The van der Waals surface area contributed by atoms with Gasteiger partial charge in [-0.2, -0.15) is 0 Å². The van der Waals surface area contributed by atoms with Crippen molar-refractivity contribution < 1.29 is 39.8 Å². The summed E-state index contributed by atoms with van der Waals surface area (Å²) in [6.07, 6.45) is 80.3. The summed E-state index contributed by atoms with van der Waals surface area (Å²) in [6.45, 7) is 3.91. The molecule has 1 fully saturated rings. The molecule has 1 rings (SSSR count). The summed E-state index contributed by atoms with van der Waals surface area (Å²) in [6, 6.07) is -0.717. The molecule has 512 valence electrons. The van der Waals surface area contributed by atoms with Gasteiger partial charge >= 0.3 is 0 Å². The van der Waals surface area contributed by atoms with Crippen LogP contribution in [0.25, 0.3) is 0 Å². The van der Waals surface area contributed by atoms with Gasteiger partial charge in [0.25, 0.3) is 0 Å². The van der Waals surface area contributed by atoms with Gasteiger partial charge in [0.2, 0.25) is 5.91 Å². The van der Waals surface area contributed by atoms with Gasteiger partial charge in [-0.05, 0) is 38.5 Å². The number of nitrogens with one attached hydrogen (secondary N) is 1. The van der Waals surface area contributed by atoms with E-state index in [1.807, 2.05) is 0 Å². The lowest BCUT2D eigenvalue weighted by Crippen LogP contribution is -2.60. The van der Waals surface area contributed by atoms with Crippen molar-refractivity contribution in [3.63, 3.8) is 0 Å². The quantitative estimate of drug-likeness (QED) is 0.0261. The van der Waals surface area contributed by atoms with Crippen molar-refractivity contribution in [1.82, 2.24) is 5.32 Å². The number of hydrogen-bond donors (Lipinski definition) is 6. The lowest BCUT2D eigenvalue weighted by Gasteiger charge is -2.40. The SMILES string of the molecule is CCCCCCCCCC/C=C\CCCCCCCCCCCCCCCCCCCCCCCC(=O)NC(COC1OC(CO)C(O)C(O)C1O)C(O)CCCCCCCCCCCCCCCCCCCCCCCCCCCCCCCC. The van der Waals surface area contributed by atoms with Crippen LogP contribution in [0.3, 0.4) is 0 Å². The molecule has 9 nitrogen and oxygen atoms in total. The maximum Gasteiger partial charge on any atom is 0.220 e. The Bertz CT molecular complexity index is 1360. The van der Waals surface area contributed by atoms with Gasteiger partial charge in [0, 0.05) is 6.42 Å². The number of aliphatic hydroxyl groups excluding tert-OH is 5. The third-order valence-corrected chi connectivity index (χ3v) is 19.1. The number of carbonyl (C=O) groups is 1. The van der Waals surface area contributed by atoms with Crippen molar-refractivity contribution in [1.29, 1.82) is 0 Å². The summed E-state index contributed by atoms with van der Waals surface area (Å²) >= 11 is 0. The third kappa shape index (κ3) is 54.6. The highest BCUT2D eigenvalue weighted by molar-refractivity contribution is 5.76. The molecule has 7 unspecified atom stereocenters. The van der Waals surface area contributed by atoms with Gasteiger partial charge in [-0.15, -0.1) is 0 Å². The van der Waals surface area contributed by atoms with Gasteiger partial charge in [0.05, 0.1) is 25.4 Å². The van der Waals surface area contributed by atoms with Crippen molar-refractivity contribution in [2.24, 2.45) is 0 Å². The summed E-state index contributed by atoms with van der Waals surface area (Å²) in [4.78, 5) is 13.2. The Morgan fingerprint density at radius 1 is 0.384 bits per heavy atom. The molecule has 1 aliphatic rings. The van der Waals surface area contributed by atoms with Gasteiger partial charge in [0.15, 0.2) is 6.29 Å². The summed E-state index contributed by atoms with van der Waals surface area (Å²) in [5.41, 5.74) is 0. The fourth-order valence-corrected chi connectivity index (χ4v) is 13.0. The molecule has 0 spiro atoms. The molecule has 1 heterocycles. The summed E-state index contributed by atoms with van der Waals surface area (Å²) in [7, 11) is 0. The highest BCUT2D eigenvalue weighted by Crippen LogP contribution is 2.24. The molecule has 86 heavy (non-hydrogen) atoms. The second-order valence-electron chi connectivity index (χ2n) is 27.5. The van der Waals surface area contributed by atoms with Crippen molar-refractivity contribution in [2.75, 3.05) is 13.2 Å². The zero-order valence-corrected chi connectivity index (χ0v) is 57.6. The van der Waals surface area contributed by atoms with Gasteiger partial charge in [0.1, 0.15) is 24.4 Å². The largest absolute Gasteiger partial charge is 0.394 e. The molecule has 6 N–H and O–H groups in total. The fraction of sp³-hybridized carbons (Fsp3) is 0.961. The first-order valence-corrected chi connectivity index (χ1v) is 38.9. The topological polar surface area (TPSA) is 149 Å². The van der Waals surface area contributed by atoms with Crippen LogP contribution in [0.4, 0.5) is 0 Å². The van der Waals surface area contributed by atoms with Crippen LogP contribution in [-0.4, -0.2) is 87.5 Å². The van der Waals surface area contributed by atoms with E-state index in [0.717, 1.165) is 38.5 Å². The molecule has 0 bridgehead atoms. The van der Waals surface area contributed by atoms with Crippen LogP contribution >= 0.6 is 0 Å². The summed E-state index contributed by atoms with van der Waals surface area (Å²) in [5.74, 6) is -0.133. The van der Waals surface area contributed by atoms with Crippen LogP contribution in [0.5, 0.6) is 0 Å².